The highest BCUT2D eigenvalue weighted by atomic mass is 35.5. The largest absolute Gasteiger partial charge is 0.218 e. The molecule has 0 unspecified atom stereocenters. The number of sulfone groups is 1. The highest BCUT2D eigenvalue weighted by molar-refractivity contribution is 7.95. The predicted octanol–water partition coefficient (Wildman–Crippen LogP) is 3.74. The normalized spacial score (nSPS) is 12.1. The lowest BCUT2D eigenvalue weighted by Crippen LogP contribution is -2.03. The van der Waals surface area contributed by atoms with Crippen LogP contribution in [0.4, 0.5) is 0 Å². The Kier molecular flexibility index (Phi) is 4.05. The molecular weight excluding hydrogens is 302 g/mol. The fourth-order valence-electron chi connectivity index (χ4n) is 1.42. The van der Waals surface area contributed by atoms with Gasteiger partial charge in [-0.3, -0.25) is 0 Å². The average Bonchev–Trinajstić information content (AvgIpc) is 2.89. The summed E-state index contributed by atoms with van der Waals surface area (Å²) in [6.45, 7) is 0. The van der Waals surface area contributed by atoms with Crippen molar-refractivity contribution in [3.05, 3.63) is 56.6 Å². The lowest BCUT2D eigenvalue weighted by molar-refractivity contribution is 0.603. The van der Waals surface area contributed by atoms with E-state index in [0.717, 1.165) is 0 Å². The zero-order valence-corrected chi connectivity index (χ0v) is 12.0. The van der Waals surface area contributed by atoms with Crippen molar-refractivity contribution < 1.29 is 8.42 Å². The summed E-state index contributed by atoms with van der Waals surface area (Å²) in [7, 11) is -3.80. The van der Waals surface area contributed by atoms with Crippen LogP contribution in [0.25, 0.3) is 6.08 Å². The van der Waals surface area contributed by atoms with Crippen LogP contribution in [0.15, 0.2) is 50.9 Å². The van der Waals surface area contributed by atoms with E-state index in [9.17, 15) is 8.42 Å². The van der Waals surface area contributed by atoms with E-state index in [1.165, 1.54) is 41.7 Å². The van der Waals surface area contributed by atoms with Crippen molar-refractivity contribution in [2.75, 3.05) is 0 Å². The van der Waals surface area contributed by atoms with Gasteiger partial charge >= 0.3 is 0 Å². The van der Waals surface area contributed by atoms with Crippen LogP contribution in [-0.4, -0.2) is 8.42 Å². The second kappa shape index (κ2) is 5.57. The summed E-state index contributed by atoms with van der Waals surface area (Å²) in [4.78, 5) is -0.229. The zero-order valence-electron chi connectivity index (χ0n) is 9.58. The van der Waals surface area contributed by atoms with Crippen LogP contribution in [0.2, 0.25) is 5.02 Å². The summed E-state index contributed by atoms with van der Waals surface area (Å²) in [6.07, 6.45) is 1.36. The molecular formula is C13H8ClNO2S2. The van der Waals surface area contributed by atoms with Gasteiger partial charge in [0.1, 0.15) is 11.0 Å². The fourth-order valence-corrected chi connectivity index (χ4v) is 3.32. The first kappa shape index (κ1) is 13.8. The van der Waals surface area contributed by atoms with E-state index >= 15 is 0 Å². The monoisotopic (exact) mass is 309 g/mol. The standard InChI is InChI=1S/C13H8ClNO2S2/c14-11-1-3-12(4-2-11)19(16,17)13(8-15)7-10-5-6-18-9-10/h1-7,9H/b13-7-. The second-order valence-corrected chi connectivity index (χ2v) is 6.77. The van der Waals surface area contributed by atoms with Crippen LogP contribution in [0.3, 0.4) is 0 Å². The molecule has 0 fully saturated rings. The molecule has 2 rings (SSSR count). The third-order valence-corrected chi connectivity index (χ3v) is 5.00. The Labute approximate surface area is 120 Å². The maximum atomic E-state index is 12.3. The summed E-state index contributed by atoms with van der Waals surface area (Å²) >= 11 is 7.15. The Hall–Kier alpha value is -1.61. The summed E-state index contributed by atoms with van der Waals surface area (Å²) in [5, 5.41) is 13.1. The molecule has 0 saturated heterocycles. The molecule has 0 aliphatic carbocycles. The van der Waals surface area contributed by atoms with Gasteiger partial charge in [-0.1, -0.05) is 11.6 Å². The van der Waals surface area contributed by atoms with Gasteiger partial charge in [0.2, 0.25) is 9.84 Å². The van der Waals surface area contributed by atoms with E-state index in [1.54, 1.807) is 17.5 Å². The van der Waals surface area contributed by atoms with Gasteiger partial charge in [0.05, 0.1) is 4.90 Å². The zero-order chi connectivity index (χ0) is 13.9. The van der Waals surface area contributed by atoms with E-state index in [4.69, 9.17) is 16.9 Å². The molecule has 0 N–H and O–H groups in total. The van der Waals surface area contributed by atoms with Gasteiger partial charge in [-0.25, -0.2) is 8.42 Å². The molecule has 0 aliphatic rings. The first-order valence-corrected chi connectivity index (χ1v) is 7.99. The summed E-state index contributed by atoms with van der Waals surface area (Å²) in [5.41, 5.74) is 0.694. The predicted molar refractivity (Wildman–Crippen MR) is 76.5 cm³/mol. The Bertz CT molecular complexity index is 739. The van der Waals surface area contributed by atoms with E-state index in [-0.39, 0.29) is 9.80 Å². The number of nitriles is 1. The second-order valence-electron chi connectivity index (χ2n) is 3.63. The van der Waals surface area contributed by atoms with Gasteiger partial charge in [0.15, 0.2) is 0 Å². The molecule has 19 heavy (non-hydrogen) atoms. The Morgan fingerprint density at radius 3 is 2.47 bits per heavy atom. The van der Waals surface area contributed by atoms with Crippen LogP contribution in [0, 0.1) is 11.3 Å². The maximum absolute atomic E-state index is 12.3. The number of thiophene rings is 1. The van der Waals surface area contributed by atoms with Gasteiger partial charge in [0.25, 0.3) is 0 Å². The third kappa shape index (κ3) is 3.04. The first-order chi connectivity index (χ1) is 9.04. The third-order valence-electron chi connectivity index (χ3n) is 2.36. The summed E-state index contributed by atoms with van der Waals surface area (Å²) in [6, 6.07) is 9.22. The quantitative estimate of drug-likeness (QED) is 0.811. The lowest BCUT2D eigenvalue weighted by atomic mass is 10.3. The average molecular weight is 310 g/mol. The minimum absolute atomic E-state index is 0.0555. The Morgan fingerprint density at radius 2 is 1.95 bits per heavy atom. The summed E-state index contributed by atoms with van der Waals surface area (Å²) < 4.78 is 24.5. The highest BCUT2D eigenvalue weighted by Gasteiger charge is 2.20. The van der Waals surface area contributed by atoms with Crippen LogP contribution in [-0.2, 0) is 9.84 Å². The molecule has 0 aliphatic heterocycles. The number of halogens is 1. The number of benzene rings is 1. The molecule has 0 atom stereocenters. The summed E-state index contributed by atoms with van der Waals surface area (Å²) in [5.74, 6) is 0. The van der Waals surface area contributed by atoms with Crippen LogP contribution >= 0.6 is 22.9 Å². The van der Waals surface area contributed by atoms with Crippen molar-refractivity contribution in [3.63, 3.8) is 0 Å². The van der Waals surface area contributed by atoms with Crippen molar-refractivity contribution in [2.45, 2.75) is 4.90 Å². The molecule has 96 valence electrons. The van der Waals surface area contributed by atoms with Gasteiger partial charge in [-0.05, 0) is 52.7 Å². The van der Waals surface area contributed by atoms with Crippen LogP contribution < -0.4 is 0 Å². The van der Waals surface area contributed by atoms with E-state index in [0.29, 0.717) is 10.6 Å². The van der Waals surface area contributed by atoms with Gasteiger partial charge in [-0.15, -0.1) is 0 Å². The first-order valence-electron chi connectivity index (χ1n) is 5.18. The smallest absolute Gasteiger partial charge is 0.216 e. The number of allylic oxidation sites excluding steroid dienone is 1. The molecule has 1 aromatic carbocycles. The van der Waals surface area contributed by atoms with Gasteiger partial charge in [0, 0.05) is 5.02 Å². The van der Waals surface area contributed by atoms with E-state index < -0.39 is 9.84 Å². The SMILES string of the molecule is N#C/C(=C/c1ccsc1)S(=O)(=O)c1ccc(Cl)cc1. The van der Waals surface area contributed by atoms with Crippen molar-refractivity contribution in [3.8, 4) is 6.07 Å². The van der Waals surface area contributed by atoms with Crippen LogP contribution in [0.1, 0.15) is 5.56 Å². The Morgan fingerprint density at radius 1 is 1.26 bits per heavy atom. The molecule has 1 heterocycles. The molecule has 0 amide bonds. The van der Waals surface area contributed by atoms with Crippen molar-refractivity contribution in [1.82, 2.24) is 0 Å². The van der Waals surface area contributed by atoms with Crippen molar-refractivity contribution in [1.29, 1.82) is 5.26 Å². The maximum Gasteiger partial charge on any atom is 0.216 e. The Balaban J connectivity index is 2.49. The molecule has 0 spiro atoms. The van der Waals surface area contributed by atoms with Crippen molar-refractivity contribution in [2.24, 2.45) is 0 Å². The van der Waals surface area contributed by atoms with E-state index in [2.05, 4.69) is 0 Å². The molecule has 3 nitrogen and oxygen atoms in total. The molecule has 6 heteroatoms. The van der Waals surface area contributed by atoms with Gasteiger partial charge in [-0.2, -0.15) is 16.6 Å². The number of hydrogen-bond donors (Lipinski definition) is 0. The van der Waals surface area contributed by atoms with Crippen LogP contribution in [0.5, 0.6) is 0 Å². The number of hydrogen-bond acceptors (Lipinski definition) is 4. The lowest BCUT2D eigenvalue weighted by Gasteiger charge is -2.02. The van der Waals surface area contributed by atoms with Crippen molar-refractivity contribution >= 4 is 38.9 Å². The molecule has 2 aromatic rings. The molecule has 0 bridgehead atoms. The van der Waals surface area contributed by atoms with Gasteiger partial charge < -0.3 is 0 Å². The minimum atomic E-state index is -3.80. The molecule has 0 radical (unpaired) electrons. The minimum Gasteiger partial charge on any atom is -0.218 e. The molecule has 1 aromatic heterocycles. The van der Waals surface area contributed by atoms with E-state index in [1.807, 2.05) is 5.38 Å². The highest BCUT2D eigenvalue weighted by Crippen LogP contribution is 2.23. The topological polar surface area (TPSA) is 57.9 Å². The number of nitrogens with zero attached hydrogens (tertiary/aromatic N) is 1. The molecule has 0 saturated carbocycles. The number of rotatable bonds is 3. The fraction of sp³-hybridized carbons (Fsp3) is 0.